The van der Waals surface area contributed by atoms with E-state index >= 15 is 0 Å². The minimum Gasteiger partial charge on any atom is -0.392 e. The number of pyridine rings is 1. The number of rotatable bonds is 7. The molecule has 27 heavy (non-hydrogen) atoms. The van der Waals surface area contributed by atoms with E-state index in [1.165, 1.54) is 0 Å². The molecule has 0 spiro atoms. The molecule has 3 heterocycles. The summed E-state index contributed by atoms with van der Waals surface area (Å²) in [5, 5.41) is 12.5. The van der Waals surface area contributed by atoms with Crippen molar-refractivity contribution >= 4 is 16.9 Å². The Hall–Kier alpha value is -2.71. The van der Waals surface area contributed by atoms with Crippen molar-refractivity contribution in [1.29, 1.82) is 0 Å². The summed E-state index contributed by atoms with van der Waals surface area (Å²) in [6, 6.07) is 1.73. The molecule has 1 saturated heterocycles. The first-order valence-electron chi connectivity index (χ1n) is 8.56. The Morgan fingerprint density at radius 1 is 1.44 bits per heavy atom. The van der Waals surface area contributed by atoms with Crippen LogP contribution in [0.15, 0.2) is 49.3 Å². The number of aliphatic hydroxyl groups excluding tert-OH is 1. The standard InChI is InChI=1S/C19H21F2N5O/c1-3-4-5-12(2)23-18-16-15(24-19(25-18)17(20)21)8-13(9-22-16)10-26-7-6-14(27)11-26/h3-5,8-9,14,17,27H,1-2,6-7,10-11H2,(H,23,24,25)/b5-4-/t14-/m1/s1. The third-order valence-corrected chi connectivity index (χ3v) is 4.17. The van der Waals surface area contributed by atoms with Crippen LogP contribution in [0.3, 0.4) is 0 Å². The number of hydrogen-bond donors (Lipinski definition) is 2. The Balaban J connectivity index is 1.93. The molecule has 0 aliphatic carbocycles. The predicted molar refractivity (Wildman–Crippen MR) is 100 cm³/mol. The molecule has 1 aliphatic rings. The monoisotopic (exact) mass is 373 g/mol. The molecule has 0 bridgehead atoms. The summed E-state index contributed by atoms with van der Waals surface area (Å²) in [6.07, 6.45) is 4.17. The van der Waals surface area contributed by atoms with Gasteiger partial charge in [0.25, 0.3) is 6.43 Å². The molecular formula is C19H21F2N5O. The SMILES string of the molecule is C=C/C=C\C(=C)Nc1nc(C(F)F)nc2cc(CN3CC[C@@H](O)C3)cnc12. The first-order valence-corrected chi connectivity index (χ1v) is 8.56. The van der Waals surface area contributed by atoms with Crippen LogP contribution in [0.5, 0.6) is 0 Å². The number of allylic oxidation sites excluding steroid dienone is 3. The third kappa shape index (κ3) is 4.72. The molecule has 0 saturated carbocycles. The lowest BCUT2D eigenvalue weighted by Crippen LogP contribution is -2.21. The maximum Gasteiger partial charge on any atom is 0.297 e. The van der Waals surface area contributed by atoms with Gasteiger partial charge < -0.3 is 10.4 Å². The molecule has 0 aromatic carbocycles. The van der Waals surface area contributed by atoms with Crippen molar-refractivity contribution in [2.24, 2.45) is 0 Å². The second-order valence-electron chi connectivity index (χ2n) is 6.37. The highest BCUT2D eigenvalue weighted by atomic mass is 19.3. The minimum atomic E-state index is -2.80. The van der Waals surface area contributed by atoms with Gasteiger partial charge in [0.05, 0.1) is 11.6 Å². The molecule has 6 nitrogen and oxygen atoms in total. The molecule has 0 amide bonds. The fourth-order valence-electron chi connectivity index (χ4n) is 2.94. The minimum absolute atomic E-state index is 0.178. The number of likely N-dealkylation sites (tertiary alicyclic amines) is 1. The molecule has 2 N–H and O–H groups in total. The third-order valence-electron chi connectivity index (χ3n) is 4.17. The quantitative estimate of drug-likeness (QED) is 0.726. The number of aliphatic hydroxyl groups is 1. The fraction of sp³-hybridized carbons (Fsp3) is 0.316. The average molecular weight is 373 g/mol. The molecule has 1 aliphatic heterocycles. The Kier molecular flexibility index (Phi) is 5.88. The van der Waals surface area contributed by atoms with E-state index in [2.05, 4.69) is 38.3 Å². The zero-order valence-electron chi connectivity index (χ0n) is 14.8. The number of aromatic nitrogens is 3. The van der Waals surface area contributed by atoms with E-state index in [1.54, 1.807) is 30.5 Å². The number of hydrogen-bond acceptors (Lipinski definition) is 6. The van der Waals surface area contributed by atoms with Crippen molar-refractivity contribution < 1.29 is 13.9 Å². The highest BCUT2D eigenvalue weighted by Gasteiger charge is 2.21. The van der Waals surface area contributed by atoms with Gasteiger partial charge in [0.15, 0.2) is 11.6 Å². The van der Waals surface area contributed by atoms with Crippen molar-refractivity contribution in [3.63, 3.8) is 0 Å². The first kappa shape index (κ1) is 19.1. The van der Waals surface area contributed by atoms with Crippen LogP contribution in [0.4, 0.5) is 14.6 Å². The molecular weight excluding hydrogens is 352 g/mol. The maximum absolute atomic E-state index is 13.2. The van der Waals surface area contributed by atoms with E-state index in [0.29, 0.717) is 29.8 Å². The summed E-state index contributed by atoms with van der Waals surface area (Å²) in [5.41, 5.74) is 2.03. The number of anilines is 1. The van der Waals surface area contributed by atoms with Gasteiger partial charge in [-0.2, -0.15) is 0 Å². The second-order valence-corrected chi connectivity index (χ2v) is 6.37. The molecule has 142 valence electrons. The Bertz CT molecular complexity index is 884. The largest absolute Gasteiger partial charge is 0.392 e. The number of fused-ring (bicyclic) bond motifs is 1. The van der Waals surface area contributed by atoms with Crippen LogP contribution >= 0.6 is 0 Å². The molecule has 2 aromatic rings. The number of nitrogens with zero attached hydrogens (tertiary/aromatic N) is 4. The van der Waals surface area contributed by atoms with Crippen LogP contribution in [0.1, 0.15) is 24.2 Å². The van der Waals surface area contributed by atoms with Crippen molar-refractivity contribution in [3.05, 3.63) is 60.7 Å². The molecule has 0 radical (unpaired) electrons. The Morgan fingerprint density at radius 2 is 2.26 bits per heavy atom. The van der Waals surface area contributed by atoms with Gasteiger partial charge in [-0.05, 0) is 24.1 Å². The summed E-state index contributed by atoms with van der Waals surface area (Å²) < 4.78 is 26.5. The van der Waals surface area contributed by atoms with Crippen LogP contribution < -0.4 is 5.32 Å². The lowest BCUT2D eigenvalue weighted by atomic mass is 10.2. The van der Waals surface area contributed by atoms with Crippen LogP contribution in [-0.2, 0) is 6.54 Å². The van der Waals surface area contributed by atoms with Gasteiger partial charge in [-0.15, -0.1) is 0 Å². The molecule has 8 heteroatoms. The Labute approximate surface area is 156 Å². The highest BCUT2D eigenvalue weighted by molar-refractivity contribution is 5.86. The van der Waals surface area contributed by atoms with E-state index in [9.17, 15) is 13.9 Å². The highest BCUT2D eigenvalue weighted by Crippen LogP contribution is 2.25. The first-order chi connectivity index (χ1) is 13.0. The zero-order valence-corrected chi connectivity index (χ0v) is 14.8. The molecule has 2 aromatic heterocycles. The summed E-state index contributed by atoms with van der Waals surface area (Å²) in [6.45, 7) is 9.33. The topological polar surface area (TPSA) is 74.2 Å². The zero-order chi connectivity index (χ0) is 19.4. The van der Waals surface area contributed by atoms with Gasteiger partial charge in [0.2, 0.25) is 0 Å². The van der Waals surface area contributed by atoms with Crippen LogP contribution in [0, 0.1) is 0 Å². The normalized spacial score (nSPS) is 17.9. The predicted octanol–water partition coefficient (Wildman–Crippen LogP) is 3.20. The smallest absolute Gasteiger partial charge is 0.297 e. The summed E-state index contributed by atoms with van der Waals surface area (Å²) >= 11 is 0. The number of β-amino-alcohol motifs (C(OH)–C–C–N with tert-alkyl or cyclic N) is 1. The lowest BCUT2D eigenvalue weighted by molar-refractivity contribution is 0.141. The van der Waals surface area contributed by atoms with E-state index in [4.69, 9.17) is 0 Å². The van der Waals surface area contributed by atoms with Crippen LogP contribution in [-0.4, -0.2) is 44.2 Å². The van der Waals surface area contributed by atoms with Gasteiger partial charge in [-0.1, -0.05) is 25.3 Å². The molecule has 0 unspecified atom stereocenters. The van der Waals surface area contributed by atoms with E-state index in [0.717, 1.165) is 18.5 Å². The maximum atomic E-state index is 13.2. The van der Waals surface area contributed by atoms with Gasteiger partial charge in [-0.25, -0.2) is 18.7 Å². The van der Waals surface area contributed by atoms with Gasteiger partial charge in [0, 0.05) is 31.5 Å². The lowest BCUT2D eigenvalue weighted by Gasteiger charge is -2.15. The van der Waals surface area contributed by atoms with E-state index in [1.807, 2.05) is 0 Å². The van der Waals surface area contributed by atoms with Gasteiger partial charge >= 0.3 is 0 Å². The van der Waals surface area contributed by atoms with E-state index < -0.39 is 12.2 Å². The van der Waals surface area contributed by atoms with Crippen molar-refractivity contribution in [2.45, 2.75) is 25.5 Å². The van der Waals surface area contributed by atoms with Crippen LogP contribution in [0.2, 0.25) is 0 Å². The van der Waals surface area contributed by atoms with E-state index in [-0.39, 0.29) is 11.9 Å². The Morgan fingerprint density at radius 3 is 2.93 bits per heavy atom. The number of halogens is 2. The second kappa shape index (κ2) is 8.32. The molecule has 1 atom stereocenters. The fourth-order valence-corrected chi connectivity index (χ4v) is 2.94. The number of alkyl halides is 2. The average Bonchev–Trinajstić information content (AvgIpc) is 3.04. The van der Waals surface area contributed by atoms with Gasteiger partial charge in [0.1, 0.15) is 5.52 Å². The molecule has 3 rings (SSSR count). The van der Waals surface area contributed by atoms with Crippen LogP contribution in [0.25, 0.3) is 11.0 Å². The van der Waals surface area contributed by atoms with Crippen molar-refractivity contribution in [2.75, 3.05) is 18.4 Å². The summed E-state index contributed by atoms with van der Waals surface area (Å²) in [5.74, 6) is -0.391. The molecule has 1 fully saturated rings. The summed E-state index contributed by atoms with van der Waals surface area (Å²) in [4.78, 5) is 14.3. The number of nitrogens with one attached hydrogen (secondary N) is 1. The summed E-state index contributed by atoms with van der Waals surface area (Å²) in [7, 11) is 0. The van der Waals surface area contributed by atoms with Crippen molar-refractivity contribution in [1.82, 2.24) is 19.9 Å². The van der Waals surface area contributed by atoms with Crippen molar-refractivity contribution in [3.8, 4) is 0 Å². The van der Waals surface area contributed by atoms with Gasteiger partial charge in [-0.3, -0.25) is 9.88 Å².